The van der Waals surface area contributed by atoms with Gasteiger partial charge in [0.25, 0.3) is 0 Å². The summed E-state index contributed by atoms with van der Waals surface area (Å²) >= 11 is 13.4. The highest BCUT2D eigenvalue weighted by Crippen LogP contribution is 2.26. The van der Waals surface area contributed by atoms with Crippen molar-refractivity contribution in [2.45, 2.75) is 10.9 Å². The minimum atomic E-state index is 0.413. The van der Waals surface area contributed by atoms with Crippen molar-refractivity contribution in [1.82, 2.24) is 14.5 Å². The van der Waals surface area contributed by atoms with Gasteiger partial charge in [0, 0.05) is 36.4 Å². The lowest BCUT2D eigenvalue weighted by Gasteiger charge is -2.04. The molecule has 0 aromatic carbocycles. The molecule has 0 atom stereocenters. The van der Waals surface area contributed by atoms with Crippen LogP contribution in [0.5, 0.6) is 0 Å². The van der Waals surface area contributed by atoms with E-state index in [1.165, 1.54) is 0 Å². The zero-order chi connectivity index (χ0) is 11.5. The van der Waals surface area contributed by atoms with E-state index < -0.39 is 0 Å². The zero-order valence-corrected chi connectivity index (χ0v) is 10.9. The van der Waals surface area contributed by atoms with Crippen LogP contribution in [0.2, 0.25) is 10.2 Å². The molecule has 0 saturated heterocycles. The first kappa shape index (κ1) is 11.8. The quantitative estimate of drug-likeness (QED) is 0.634. The Labute approximate surface area is 108 Å². The molecule has 0 aliphatic carbocycles. The Kier molecular flexibility index (Phi) is 3.74. The molecule has 2 rings (SSSR count). The number of nitrogens with zero attached hydrogens (tertiary/aromatic N) is 3. The molecule has 84 valence electrons. The summed E-state index contributed by atoms with van der Waals surface area (Å²) in [5.41, 5.74) is 0.957. The average Bonchev–Trinajstić information content (AvgIpc) is 2.63. The van der Waals surface area contributed by atoms with Crippen LogP contribution in [-0.4, -0.2) is 14.5 Å². The van der Waals surface area contributed by atoms with Crippen LogP contribution in [0.3, 0.4) is 0 Å². The van der Waals surface area contributed by atoms with Gasteiger partial charge in [-0.2, -0.15) is 0 Å². The standard InChI is InChI=1S/C10H9Cl2N3S/c1-15-3-2-13-10(15)16-6-7-5-14-9(12)4-8(7)11/h2-5H,6H2,1H3. The highest BCUT2D eigenvalue weighted by molar-refractivity contribution is 7.98. The molecule has 16 heavy (non-hydrogen) atoms. The molecule has 2 aromatic rings. The Balaban J connectivity index is 2.08. The molecule has 0 aliphatic heterocycles. The molecule has 3 nitrogen and oxygen atoms in total. The van der Waals surface area contributed by atoms with Crippen LogP contribution in [0, 0.1) is 0 Å². The Morgan fingerprint density at radius 3 is 2.81 bits per heavy atom. The maximum absolute atomic E-state index is 6.04. The molecule has 0 saturated carbocycles. The van der Waals surface area contributed by atoms with Gasteiger partial charge in [0.1, 0.15) is 5.15 Å². The van der Waals surface area contributed by atoms with Gasteiger partial charge in [-0.05, 0) is 11.6 Å². The first-order valence-electron chi connectivity index (χ1n) is 4.57. The number of imidazole rings is 1. The lowest BCUT2D eigenvalue weighted by Crippen LogP contribution is -1.91. The molecule has 2 aromatic heterocycles. The summed E-state index contributed by atoms with van der Waals surface area (Å²) in [6, 6.07) is 1.65. The molecule has 0 aliphatic rings. The van der Waals surface area contributed by atoms with Crippen molar-refractivity contribution >= 4 is 35.0 Å². The van der Waals surface area contributed by atoms with Crippen LogP contribution >= 0.6 is 35.0 Å². The fraction of sp³-hybridized carbons (Fsp3) is 0.200. The van der Waals surface area contributed by atoms with E-state index in [0.717, 1.165) is 16.5 Å². The molecular formula is C10H9Cl2N3S. The monoisotopic (exact) mass is 273 g/mol. The highest BCUT2D eigenvalue weighted by atomic mass is 35.5. The largest absolute Gasteiger partial charge is 0.329 e. The van der Waals surface area contributed by atoms with Gasteiger partial charge in [-0.3, -0.25) is 0 Å². The number of aromatic nitrogens is 3. The normalized spacial score (nSPS) is 10.7. The topological polar surface area (TPSA) is 30.7 Å². The number of halogens is 2. The van der Waals surface area contributed by atoms with Crippen LogP contribution < -0.4 is 0 Å². The van der Waals surface area contributed by atoms with Gasteiger partial charge in [-0.1, -0.05) is 35.0 Å². The molecule has 0 unspecified atom stereocenters. The minimum Gasteiger partial charge on any atom is -0.329 e. The summed E-state index contributed by atoms with van der Waals surface area (Å²) < 4.78 is 1.96. The van der Waals surface area contributed by atoms with Crippen molar-refractivity contribution in [2.75, 3.05) is 0 Å². The average molecular weight is 274 g/mol. The second-order valence-electron chi connectivity index (χ2n) is 3.21. The maximum Gasteiger partial charge on any atom is 0.167 e. The maximum atomic E-state index is 6.04. The van der Waals surface area contributed by atoms with Crippen molar-refractivity contribution in [3.8, 4) is 0 Å². The number of thioether (sulfide) groups is 1. The fourth-order valence-corrected chi connectivity index (χ4v) is 2.60. The molecular weight excluding hydrogens is 265 g/mol. The van der Waals surface area contributed by atoms with Crippen LogP contribution in [0.15, 0.2) is 29.8 Å². The van der Waals surface area contributed by atoms with E-state index in [2.05, 4.69) is 9.97 Å². The fourth-order valence-electron chi connectivity index (χ4n) is 1.18. The first-order valence-corrected chi connectivity index (χ1v) is 6.31. The van der Waals surface area contributed by atoms with Gasteiger partial charge < -0.3 is 4.57 Å². The smallest absolute Gasteiger partial charge is 0.167 e. The van der Waals surface area contributed by atoms with Gasteiger partial charge >= 0.3 is 0 Å². The number of aryl methyl sites for hydroxylation is 1. The van der Waals surface area contributed by atoms with E-state index >= 15 is 0 Å². The van der Waals surface area contributed by atoms with E-state index in [1.54, 1.807) is 30.2 Å². The van der Waals surface area contributed by atoms with E-state index in [4.69, 9.17) is 23.2 Å². The summed E-state index contributed by atoms with van der Waals surface area (Å²) in [6.45, 7) is 0. The van der Waals surface area contributed by atoms with E-state index in [-0.39, 0.29) is 0 Å². The lowest BCUT2D eigenvalue weighted by molar-refractivity contribution is 0.790. The van der Waals surface area contributed by atoms with E-state index in [1.807, 2.05) is 17.8 Å². The molecule has 0 spiro atoms. The lowest BCUT2D eigenvalue weighted by atomic mass is 10.3. The predicted octanol–water partition coefficient (Wildman–Crippen LogP) is 3.41. The Morgan fingerprint density at radius 2 is 2.19 bits per heavy atom. The van der Waals surface area contributed by atoms with Gasteiger partial charge in [0.15, 0.2) is 5.16 Å². The van der Waals surface area contributed by atoms with Crippen molar-refractivity contribution in [3.05, 3.63) is 40.4 Å². The summed E-state index contributed by atoms with van der Waals surface area (Å²) in [5, 5.41) is 2.00. The summed E-state index contributed by atoms with van der Waals surface area (Å²) in [6.07, 6.45) is 5.37. The van der Waals surface area contributed by atoms with Gasteiger partial charge in [0.05, 0.1) is 0 Å². The second kappa shape index (κ2) is 5.08. The number of hydrogen-bond acceptors (Lipinski definition) is 3. The van der Waals surface area contributed by atoms with E-state index in [0.29, 0.717) is 10.2 Å². The molecule has 6 heteroatoms. The van der Waals surface area contributed by atoms with Crippen LogP contribution in [0.25, 0.3) is 0 Å². The van der Waals surface area contributed by atoms with Crippen LogP contribution in [0.1, 0.15) is 5.56 Å². The van der Waals surface area contributed by atoms with Crippen molar-refractivity contribution in [3.63, 3.8) is 0 Å². The molecule has 0 radical (unpaired) electrons. The van der Waals surface area contributed by atoms with Crippen molar-refractivity contribution in [2.24, 2.45) is 7.05 Å². The third kappa shape index (κ3) is 2.70. The minimum absolute atomic E-state index is 0.413. The predicted molar refractivity (Wildman–Crippen MR) is 67.0 cm³/mol. The highest BCUT2D eigenvalue weighted by Gasteiger charge is 2.05. The molecule has 0 amide bonds. The van der Waals surface area contributed by atoms with Crippen LogP contribution in [0.4, 0.5) is 0 Å². The number of hydrogen-bond donors (Lipinski definition) is 0. The number of pyridine rings is 1. The van der Waals surface area contributed by atoms with Gasteiger partial charge in [-0.25, -0.2) is 9.97 Å². The Morgan fingerprint density at radius 1 is 1.38 bits per heavy atom. The molecule has 0 bridgehead atoms. The molecule has 2 heterocycles. The molecule has 0 N–H and O–H groups in total. The zero-order valence-electron chi connectivity index (χ0n) is 8.52. The molecule has 0 fully saturated rings. The first-order chi connectivity index (χ1) is 7.66. The Bertz CT molecular complexity index is 499. The van der Waals surface area contributed by atoms with Crippen molar-refractivity contribution in [1.29, 1.82) is 0 Å². The SMILES string of the molecule is Cn1ccnc1SCc1cnc(Cl)cc1Cl. The van der Waals surface area contributed by atoms with Gasteiger partial charge in [-0.15, -0.1) is 0 Å². The van der Waals surface area contributed by atoms with Crippen LogP contribution in [-0.2, 0) is 12.8 Å². The summed E-state index contributed by atoms with van der Waals surface area (Å²) in [5.74, 6) is 0.730. The van der Waals surface area contributed by atoms with Crippen molar-refractivity contribution < 1.29 is 0 Å². The van der Waals surface area contributed by atoms with E-state index in [9.17, 15) is 0 Å². The third-order valence-electron chi connectivity index (χ3n) is 2.03. The number of rotatable bonds is 3. The Hall–Kier alpha value is -0.710. The second-order valence-corrected chi connectivity index (χ2v) is 4.94. The van der Waals surface area contributed by atoms with Gasteiger partial charge in [0.2, 0.25) is 0 Å². The third-order valence-corrected chi connectivity index (χ3v) is 3.70. The summed E-state index contributed by atoms with van der Waals surface area (Å²) in [4.78, 5) is 8.22. The summed E-state index contributed by atoms with van der Waals surface area (Å²) in [7, 11) is 1.96.